The van der Waals surface area contributed by atoms with Crippen molar-refractivity contribution in [3.63, 3.8) is 0 Å². The number of hydrogen-bond donors (Lipinski definition) is 2. The summed E-state index contributed by atoms with van der Waals surface area (Å²) in [5, 5.41) is 9.00. The van der Waals surface area contributed by atoms with Crippen molar-refractivity contribution in [2.75, 3.05) is 32.8 Å². The van der Waals surface area contributed by atoms with Crippen LogP contribution in [0.1, 0.15) is 31.2 Å². The molecule has 3 aromatic rings. The summed E-state index contributed by atoms with van der Waals surface area (Å²) in [6.07, 6.45) is 3.98. The van der Waals surface area contributed by atoms with Crippen LogP contribution >= 0.6 is 0 Å². The number of nitrogens with one attached hydrogen (secondary N) is 1. The molecule has 6 rings (SSSR count). The second kappa shape index (κ2) is 9.99. The van der Waals surface area contributed by atoms with E-state index in [1.165, 1.54) is 4.90 Å². The average Bonchev–Trinajstić information content (AvgIpc) is 3.25. The number of hydrogen-bond acceptors (Lipinski definition) is 6. The van der Waals surface area contributed by atoms with Gasteiger partial charge in [0.15, 0.2) is 11.5 Å². The fourth-order valence-electron chi connectivity index (χ4n) is 5.19. The smallest absolute Gasteiger partial charge is 0.296 e. The Morgan fingerprint density at radius 3 is 2.38 bits per heavy atom. The second-order valence-corrected chi connectivity index (χ2v) is 10.1. The molecule has 1 saturated carbocycles. The van der Waals surface area contributed by atoms with Gasteiger partial charge in [-0.2, -0.15) is 4.98 Å². The molecule has 1 saturated heterocycles. The zero-order valence-electron chi connectivity index (χ0n) is 20.9. The van der Waals surface area contributed by atoms with E-state index in [2.05, 4.69) is 15.0 Å². The number of nitrogens with zero attached hydrogens (tertiary/aromatic N) is 4. The zero-order chi connectivity index (χ0) is 27.3. The maximum Gasteiger partial charge on any atom is 0.296 e. The van der Waals surface area contributed by atoms with E-state index in [-0.39, 0.29) is 47.2 Å². The number of aromatic nitrogens is 3. The highest BCUT2D eigenvalue weighted by Crippen LogP contribution is 2.35. The van der Waals surface area contributed by atoms with Gasteiger partial charge >= 0.3 is 0 Å². The molecular formula is C27H26F3N5O4. The highest BCUT2D eigenvalue weighted by atomic mass is 19.1. The van der Waals surface area contributed by atoms with Gasteiger partial charge in [0.1, 0.15) is 30.0 Å². The number of carbonyl (C=O) groups is 2. The Morgan fingerprint density at radius 1 is 1.03 bits per heavy atom. The standard InChI is InChI=1S/C27H26F3N5O4/c28-18-10-15(14-2-6-34(7-3-14)22(37)13-36)11-19(29)23(18)24-20(30)12-21-25(32-24)33-27(31-21)39-17-8-16(9-17)26(38)35-4-1-5-35/h2,10-12,16-17,36H,1,3-9,13H2,(H,31,32,33). The van der Waals surface area contributed by atoms with Gasteiger partial charge in [-0.3, -0.25) is 9.59 Å². The van der Waals surface area contributed by atoms with Crippen LogP contribution in [-0.2, 0) is 9.59 Å². The molecule has 2 fully saturated rings. The normalized spacial score (nSPS) is 20.9. The number of benzene rings is 1. The molecule has 0 radical (unpaired) electrons. The number of likely N-dealkylation sites (tertiary alicyclic amines) is 1. The molecule has 4 heterocycles. The highest BCUT2D eigenvalue weighted by Gasteiger charge is 2.40. The van der Waals surface area contributed by atoms with E-state index in [1.807, 2.05) is 4.90 Å². The van der Waals surface area contributed by atoms with Crippen LogP contribution in [0.3, 0.4) is 0 Å². The summed E-state index contributed by atoms with van der Waals surface area (Å²) in [5.41, 5.74) is 0.0649. The monoisotopic (exact) mass is 541 g/mol. The van der Waals surface area contributed by atoms with E-state index in [1.54, 1.807) is 6.08 Å². The van der Waals surface area contributed by atoms with Crippen molar-refractivity contribution in [2.45, 2.75) is 31.8 Å². The topological polar surface area (TPSA) is 112 Å². The van der Waals surface area contributed by atoms with Gasteiger partial charge in [0.25, 0.3) is 6.01 Å². The number of imidazole rings is 1. The molecule has 39 heavy (non-hydrogen) atoms. The predicted molar refractivity (Wildman–Crippen MR) is 134 cm³/mol. The molecule has 1 aromatic carbocycles. The lowest BCUT2D eigenvalue weighted by molar-refractivity contribution is -0.145. The summed E-state index contributed by atoms with van der Waals surface area (Å²) in [5.74, 6) is -3.23. The minimum absolute atomic E-state index is 0.0421. The Bertz CT molecular complexity index is 1470. The molecule has 12 heteroatoms. The highest BCUT2D eigenvalue weighted by molar-refractivity contribution is 5.81. The number of halogens is 3. The maximum absolute atomic E-state index is 15.2. The number of ether oxygens (including phenoxy) is 1. The predicted octanol–water partition coefficient (Wildman–Crippen LogP) is 3.04. The Labute approximate surface area is 221 Å². The number of rotatable bonds is 6. The molecule has 204 valence electrons. The number of aliphatic hydroxyl groups excluding tert-OH is 1. The molecule has 3 aliphatic rings. The number of aliphatic hydroxyl groups is 1. The molecule has 0 unspecified atom stereocenters. The summed E-state index contributed by atoms with van der Waals surface area (Å²) in [6, 6.07) is 3.40. The average molecular weight is 542 g/mol. The number of amides is 2. The third-order valence-electron chi connectivity index (χ3n) is 7.64. The molecule has 0 bridgehead atoms. The van der Waals surface area contributed by atoms with Crippen molar-refractivity contribution < 1.29 is 32.6 Å². The van der Waals surface area contributed by atoms with Crippen LogP contribution in [0.15, 0.2) is 24.3 Å². The molecular weight excluding hydrogens is 515 g/mol. The number of aromatic amines is 1. The zero-order valence-corrected chi connectivity index (χ0v) is 20.9. The largest absolute Gasteiger partial charge is 0.461 e. The number of fused-ring (bicyclic) bond motifs is 1. The first-order chi connectivity index (χ1) is 18.8. The lowest BCUT2D eigenvalue weighted by Crippen LogP contribution is -2.50. The Kier molecular flexibility index (Phi) is 6.49. The molecule has 1 aliphatic carbocycles. The number of carbonyl (C=O) groups excluding carboxylic acids is 2. The van der Waals surface area contributed by atoms with Crippen LogP contribution < -0.4 is 4.74 Å². The van der Waals surface area contributed by atoms with Crippen molar-refractivity contribution in [1.29, 1.82) is 0 Å². The van der Waals surface area contributed by atoms with Gasteiger partial charge in [-0.25, -0.2) is 18.2 Å². The fourth-order valence-corrected chi connectivity index (χ4v) is 5.19. The summed E-state index contributed by atoms with van der Waals surface area (Å²) in [4.78, 5) is 38.3. The van der Waals surface area contributed by atoms with Crippen molar-refractivity contribution in [1.82, 2.24) is 24.8 Å². The van der Waals surface area contributed by atoms with Crippen LogP contribution in [-0.4, -0.2) is 80.6 Å². The fraction of sp³-hybridized carbons (Fsp3) is 0.407. The van der Waals surface area contributed by atoms with Crippen molar-refractivity contribution in [3.8, 4) is 17.3 Å². The van der Waals surface area contributed by atoms with Gasteiger partial charge in [-0.15, -0.1) is 0 Å². The second-order valence-electron chi connectivity index (χ2n) is 10.1. The Morgan fingerprint density at radius 2 is 1.77 bits per heavy atom. The van der Waals surface area contributed by atoms with Crippen molar-refractivity contribution in [2.24, 2.45) is 5.92 Å². The molecule has 2 amide bonds. The van der Waals surface area contributed by atoms with Gasteiger partial charge in [-0.05, 0) is 49.0 Å². The first-order valence-electron chi connectivity index (χ1n) is 12.9. The number of H-pyrrole nitrogens is 1. The van der Waals surface area contributed by atoms with Gasteiger partial charge < -0.3 is 24.6 Å². The van der Waals surface area contributed by atoms with Gasteiger partial charge in [-0.1, -0.05) is 6.08 Å². The van der Waals surface area contributed by atoms with Crippen LogP contribution in [0.2, 0.25) is 0 Å². The van der Waals surface area contributed by atoms with E-state index in [9.17, 15) is 14.0 Å². The van der Waals surface area contributed by atoms with E-state index in [0.717, 1.165) is 37.7 Å². The first-order valence-corrected chi connectivity index (χ1v) is 12.9. The van der Waals surface area contributed by atoms with E-state index in [4.69, 9.17) is 9.84 Å². The van der Waals surface area contributed by atoms with E-state index in [0.29, 0.717) is 31.4 Å². The molecule has 0 atom stereocenters. The van der Waals surface area contributed by atoms with Crippen LogP contribution in [0.4, 0.5) is 13.2 Å². The summed E-state index contributed by atoms with van der Waals surface area (Å²) in [6.45, 7) is 1.53. The minimum Gasteiger partial charge on any atom is -0.461 e. The van der Waals surface area contributed by atoms with Gasteiger partial charge in [0.2, 0.25) is 11.8 Å². The molecule has 2 aromatic heterocycles. The maximum atomic E-state index is 15.2. The summed E-state index contributed by atoms with van der Waals surface area (Å²) >= 11 is 0. The molecule has 2 aliphatic heterocycles. The van der Waals surface area contributed by atoms with E-state index < -0.39 is 41.2 Å². The van der Waals surface area contributed by atoms with Crippen LogP contribution in [0.5, 0.6) is 6.01 Å². The third kappa shape index (κ3) is 4.73. The van der Waals surface area contributed by atoms with E-state index >= 15 is 8.78 Å². The lowest BCUT2D eigenvalue weighted by Gasteiger charge is -2.40. The first kappa shape index (κ1) is 25.4. The molecule has 0 spiro atoms. The lowest BCUT2D eigenvalue weighted by atomic mass is 9.81. The molecule has 2 N–H and O–H groups in total. The summed E-state index contributed by atoms with van der Waals surface area (Å²) < 4.78 is 51.1. The molecule has 9 nitrogen and oxygen atoms in total. The van der Waals surface area contributed by atoms with Crippen molar-refractivity contribution >= 4 is 28.6 Å². The Hall–Kier alpha value is -3.93. The van der Waals surface area contributed by atoms with Crippen LogP contribution in [0.25, 0.3) is 28.0 Å². The van der Waals surface area contributed by atoms with Gasteiger partial charge in [0, 0.05) is 38.2 Å². The minimum atomic E-state index is -0.982. The Balaban J connectivity index is 1.19. The van der Waals surface area contributed by atoms with Crippen LogP contribution in [0, 0.1) is 23.4 Å². The SMILES string of the molecule is O=C(CO)N1CC=C(c2cc(F)c(-c3nc4nc(OC5CC(C(=O)N6CCC6)C5)[nH]c4cc3F)c(F)c2)CC1. The quantitative estimate of drug-likeness (QED) is 0.496. The van der Waals surface area contributed by atoms with Gasteiger partial charge in [0.05, 0.1) is 11.1 Å². The third-order valence-corrected chi connectivity index (χ3v) is 7.64. The number of pyridine rings is 1. The van der Waals surface area contributed by atoms with Crippen molar-refractivity contribution in [3.05, 3.63) is 47.3 Å². The summed E-state index contributed by atoms with van der Waals surface area (Å²) in [7, 11) is 0.